The predicted octanol–water partition coefficient (Wildman–Crippen LogP) is 7.01. The van der Waals surface area contributed by atoms with Crippen LogP contribution in [0.2, 0.25) is 5.02 Å². The average Bonchev–Trinajstić information content (AvgIpc) is 3.44. The zero-order valence-corrected chi connectivity index (χ0v) is 19.8. The maximum Gasteiger partial charge on any atom is 0.205 e. The van der Waals surface area contributed by atoms with Crippen molar-refractivity contribution in [3.63, 3.8) is 0 Å². The number of rotatable bonds is 6. The van der Waals surface area contributed by atoms with Crippen LogP contribution in [0.4, 0.5) is 0 Å². The van der Waals surface area contributed by atoms with E-state index in [4.69, 9.17) is 16.3 Å². The van der Waals surface area contributed by atoms with Crippen LogP contribution in [0.5, 0.6) is 5.75 Å². The number of hydrogen-bond acceptors (Lipinski definition) is 4. The van der Waals surface area contributed by atoms with E-state index in [9.17, 15) is 4.79 Å². The molecule has 0 saturated carbocycles. The van der Waals surface area contributed by atoms with Crippen LogP contribution in [0.15, 0.2) is 79.0 Å². The van der Waals surface area contributed by atoms with Crippen molar-refractivity contribution >= 4 is 39.6 Å². The molecule has 0 fully saturated rings. The van der Waals surface area contributed by atoms with E-state index >= 15 is 0 Å². The highest BCUT2D eigenvalue weighted by atomic mass is 35.5. The van der Waals surface area contributed by atoms with Gasteiger partial charge in [-0.15, -0.1) is 11.3 Å². The number of aromatic nitrogens is 2. The molecule has 0 atom stereocenters. The van der Waals surface area contributed by atoms with Gasteiger partial charge in [0.1, 0.15) is 5.75 Å². The first-order valence-corrected chi connectivity index (χ1v) is 11.7. The van der Waals surface area contributed by atoms with Crippen molar-refractivity contribution in [3.8, 4) is 16.3 Å². The van der Waals surface area contributed by atoms with Gasteiger partial charge in [0.05, 0.1) is 28.1 Å². The van der Waals surface area contributed by atoms with E-state index in [0.29, 0.717) is 22.0 Å². The third-order valence-electron chi connectivity index (χ3n) is 5.76. The first kappa shape index (κ1) is 21.4. The smallest absolute Gasteiger partial charge is 0.205 e. The molecule has 6 heteroatoms. The molecule has 0 radical (unpaired) electrons. The Balaban J connectivity index is 1.61. The molecule has 0 amide bonds. The van der Waals surface area contributed by atoms with Crippen LogP contribution in [0.1, 0.15) is 26.5 Å². The summed E-state index contributed by atoms with van der Waals surface area (Å²) in [6, 6.07) is 23.3. The summed E-state index contributed by atoms with van der Waals surface area (Å²) in [4.78, 5) is 19.8. The summed E-state index contributed by atoms with van der Waals surface area (Å²) in [6.45, 7) is 2.64. The Morgan fingerprint density at radius 2 is 1.88 bits per heavy atom. The lowest BCUT2D eigenvalue weighted by Gasteiger charge is -2.09. The minimum atomic E-state index is 0.00721. The second kappa shape index (κ2) is 8.85. The SMILES string of the molecule is COc1ccc2c(c1)c(C(=O)c1ccc(-c3ccccn3)s1)c(C)n2Cc1ccc(Cl)cc1. The lowest BCUT2D eigenvalue weighted by molar-refractivity contribution is 0.104. The number of nitrogens with zero attached hydrogens (tertiary/aromatic N) is 2. The van der Waals surface area contributed by atoms with Gasteiger partial charge in [0.25, 0.3) is 0 Å². The molecule has 5 aromatic rings. The van der Waals surface area contributed by atoms with E-state index in [1.165, 1.54) is 11.3 Å². The van der Waals surface area contributed by atoms with Crippen LogP contribution >= 0.6 is 22.9 Å². The Hall–Kier alpha value is -3.41. The van der Waals surface area contributed by atoms with Gasteiger partial charge in [0.15, 0.2) is 0 Å². The highest BCUT2D eigenvalue weighted by molar-refractivity contribution is 7.17. The van der Waals surface area contributed by atoms with Crippen molar-refractivity contribution in [1.29, 1.82) is 0 Å². The molecule has 0 saturated heterocycles. The monoisotopic (exact) mass is 472 g/mol. The van der Waals surface area contributed by atoms with Gasteiger partial charge in [-0.3, -0.25) is 9.78 Å². The van der Waals surface area contributed by atoms with Crippen molar-refractivity contribution in [2.45, 2.75) is 13.5 Å². The molecule has 164 valence electrons. The van der Waals surface area contributed by atoms with Gasteiger partial charge in [0.2, 0.25) is 5.78 Å². The molecule has 5 rings (SSSR count). The Bertz CT molecular complexity index is 1450. The highest BCUT2D eigenvalue weighted by Crippen LogP contribution is 2.34. The number of carbonyl (C=O) groups excluding carboxylic acids is 1. The Kier molecular flexibility index (Phi) is 5.75. The number of ketones is 1. The van der Waals surface area contributed by atoms with Crippen molar-refractivity contribution in [2.24, 2.45) is 0 Å². The summed E-state index contributed by atoms with van der Waals surface area (Å²) >= 11 is 7.53. The van der Waals surface area contributed by atoms with Gasteiger partial charge in [0, 0.05) is 34.4 Å². The molecule has 4 nitrogen and oxygen atoms in total. The van der Waals surface area contributed by atoms with Gasteiger partial charge >= 0.3 is 0 Å². The third-order valence-corrected chi connectivity index (χ3v) is 7.12. The number of methoxy groups -OCH3 is 1. The van der Waals surface area contributed by atoms with Crippen LogP contribution in [0, 0.1) is 6.92 Å². The summed E-state index contributed by atoms with van der Waals surface area (Å²) < 4.78 is 7.64. The molecule has 0 aliphatic heterocycles. The van der Waals surface area contributed by atoms with Gasteiger partial charge in [-0.05, 0) is 67.1 Å². The number of carbonyl (C=O) groups is 1. The van der Waals surface area contributed by atoms with E-state index < -0.39 is 0 Å². The Morgan fingerprint density at radius 3 is 2.61 bits per heavy atom. The first-order valence-electron chi connectivity index (χ1n) is 10.5. The standard InChI is InChI=1S/C27H21ClN2O2S/c1-17-26(27(31)25-13-12-24(33-25)22-5-3-4-14-29-22)21-15-20(32-2)10-11-23(21)30(17)16-18-6-8-19(28)9-7-18/h3-15H,16H2,1-2H3. The fourth-order valence-corrected chi connectivity index (χ4v) is 5.14. The maximum atomic E-state index is 13.8. The molecule has 0 spiro atoms. The summed E-state index contributed by atoms with van der Waals surface area (Å²) in [5.74, 6) is 0.730. The first-order chi connectivity index (χ1) is 16.0. The van der Waals surface area contributed by atoms with Crippen LogP contribution in [-0.4, -0.2) is 22.4 Å². The molecular weight excluding hydrogens is 452 g/mol. The Labute approximate surface area is 201 Å². The van der Waals surface area contributed by atoms with Crippen molar-refractivity contribution < 1.29 is 9.53 Å². The molecule has 0 aliphatic rings. The minimum Gasteiger partial charge on any atom is -0.497 e. The topological polar surface area (TPSA) is 44.1 Å². The van der Waals surface area contributed by atoms with E-state index in [2.05, 4.69) is 9.55 Å². The molecule has 0 unspecified atom stereocenters. The summed E-state index contributed by atoms with van der Waals surface area (Å²) in [6.07, 6.45) is 1.76. The second-order valence-electron chi connectivity index (χ2n) is 7.76. The van der Waals surface area contributed by atoms with Crippen LogP contribution in [0.25, 0.3) is 21.5 Å². The van der Waals surface area contributed by atoms with Crippen molar-refractivity contribution in [1.82, 2.24) is 9.55 Å². The number of pyridine rings is 1. The lowest BCUT2D eigenvalue weighted by Crippen LogP contribution is -2.05. The average molecular weight is 473 g/mol. The molecule has 3 aromatic heterocycles. The van der Waals surface area contributed by atoms with Crippen LogP contribution in [0.3, 0.4) is 0 Å². The molecule has 0 aliphatic carbocycles. The number of fused-ring (bicyclic) bond motifs is 1. The van der Waals surface area contributed by atoms with E-state index in [1.807, 2.05) is 79.7 Å². The molecule has 0 bridgehead atoms. The number of ether oxygens (including phenoxy) is 1. The summed E-state index contributed by atoms with van der Waals surface area (Å²) in [5.41, 5.74) is 4.60. The second-order valence-corrected chi connectivity index (χ2v) is 9.28. The third kappa shape index (κ3) is 4.06. The lowest BCUT2D eigenvalue weighted by atomic mass is 10.1. The van der Waals surface area contributed by atoms with Crippen molar-refractivity contribution in [3.05, 3.63) is 106 Å². The van der Waals surface area contributed by atoms with Gasteiger partial charge in [-0.1, -0.05) is 29.8 Å². The van der Waals surface area contributed by atoms with Gasteiger partial charge in [-0.2, -0.15) is 0 Å². The van der Waals surface area contributed by atoms with Gasteiger partial charge in [-0.25, -0.2) is 0 Å². The summed E-state index contributed by atoms with van der Waals surface area (Å²) in [7, 11) is 1.64. The molecule has 33 heavy (non-hydrogen) atoms. The summed E-state index contributed by atoms with van der Waals surface area (Å²) in [5, 5.41) is 1.59. The predicted molar refractivity (Wildman–Crippen MR) is 135 cm³/mol. The van der Waals surface area contributed by atoms with Crippen molar-refractivity contribution in [2.75, 3.05) is 7.11 Å². The van der Waals surface area contributed by atoms with E-state index in [0.717, 1.165) is 38.5 Å². The normalized spacial score (nSPS) is 11.1. The number of halogens is 1. The Morgan fingerprint density at radius 1 is 1.06 bits per heavy atom. The number of benzene rings is 2. The van der Waals surface area contributed by atoms with Crippen LogP contribution < -0.4 is 4.74 Å². The van der Waals surface area contributed by atoms with E-state index in [1.54, 1.807) is 13.3 Å². The molecule has 3 heterocycles. The molecular formula is C27H21ClN2O2S. The molecule has 0 N–H and O–H groups in total. The van der Waals surface area contributed by atoms with Crippen LogP contribution in [-0.2, 0) is 6.54 Å². The number of hydrogen-bond donors (Lipinski definition) is 0. The largest absolute Gasteiger partial charge is 0.497 e. The highest BCUT2D eigenvalue weighted by Gasteiger charge is 2.23. The van der Waals surface area contributed by atoms with Gasteiger partial charge < -0.3 is 9.30 Å². The fourth-order valence-electron chi connectivity index (χ4n) is 4.08. The zero-order chi connectivity index (χ0) is 22.9. The number of thiophene rings is 1. The van der Waals surface area contributed by atoms with E-state index in [-0.39, 0.29) is 5.78 Å². The fraction of sp³-hybridized carbons (Fsp3) is 0.111. The zero-order valence-electron chi connectivity index (χ0n) is 18.2. The minimum absolute atomic E-state index is 0.00721. The maximum absolute atomic E-state index is 13.8. The quantitative estimate of drug-likeness (QED) is 0.249. The molecule has 2 aromatic carbocycles.